The van der Waals surface area contributed by atoms with Crippen LogP contribution in [0, 0.1) is 0 Å². The van der Waals surface area contributed by atoms with Gasteiger partial charge in [-0.1, -0.05) is 0 Å². The quantitative estimate of drug-likeness (QED) is 0.490. The minimum Gasteiger partial charge on any atom is -0.481 e. The summed E-state index contributed by atoms with van der Waals surface area (Å²) < 4.78 is 0. The molecule has 0 bridgehead atoms. The maximum atomic E-state index is 10.3. The van der Waals surface area contributed by atoms with Crippen molar-refractivity contribution in [3.05, 3.63) is 12.3 Å². The molecule has 0 aliphatic carbocycles. The summed E-state index contributed by atoms with van der Waals surface area (Å²) in [5, 5.41) is 11.1. The first kappa shape index (κ1) is 7.74. The number of aliphatic imine (C=N–C) groups is 1. The van der Waals surface area contributed by atoms with E-state index in [9.17, 15) is 4.79 Å². The zero-order valence-corrected chi connectivity index (χ0v) is 5.82. The summed E-state index contributed by atoms with van der Waals surface area (Å²) in [7, 11) is 0. The molecule has 1 aliphatic rings. The number of carboxylic acids is 1. The molecule has 0 aromatic rings. The summed E-state index contributed by atoms with van der Waals surface area (Å²) in [4.78, 5) is 14.0. The van der Waals surface area contributed by atoms with Crippen molar-refractivity contribution >= 4 is 12.2 Å². The van der Waals surface area contributed by atoms with E-state index in [-0.39, 0.29) is 6.42 Å². The van der Waals surface area contributed by atoms with E-state index in [4.69, 9.17) is 10.8 Å². The van der Waals surface area contributed by atoms with Crippen LogP contribution in [0.2, 0.25) is 0 Å². The first-order valence-electron chi connectivity index (χ1n) is 3.11. The molecule has 0 fully saturated rings. The Morgan fingerprint density at radius 1 is 1.82 bits per heavy atom. The molecule has 0 saturated heterocycles. The second-order valence-corrected chi connectivity index (χ2v) is 2.28. The van der Waals surface area contributed by atoms with Gasteiger partial charge in [0.25, 0.3) is 0 Å². The zero-order valence-electron chi connectivity index (χ0n) is 5.82. The Morgan fingerprint density at radius 3 is 3.00 bits per heavy atom. The van der Waals surface area contributed by atoms with Crippen LogP contribution in [0.1, 0.15) is 6.42 Å². The van der Waals surface area contributed by atoms with Crippen molar-refractivity contribution in [2.45, 2.75) is 12.2 Å². The average molecular weight is 155 g/mol. The lowest BCUT2D eigenvalue weighted by Crippen LogP contribution is -2.52. The lowest BCUT2D eigenvalue weighted by Gasteiger charge is -2.24. The molecule has 0 amide bonds. The van der Waals surface area contributed by atoms with Crippen LogP contribution < -0.4 is 11.1 Å². The van der Waals surface area contributed by atoms with Crippen LogP contribution in [-0.4, -0.2) is 23.1 Å². The SMILES string of the molecule is NC1(CC(=O)O)N=CC=CN1. The van der Waals surface area contributed by atoms with Gasteiger partial charge in [0.1, 0.15) is 6.42 Å². The summed E-state index contributed by atoms with van der Waals surface area (Å²) in [6.07, 6.45) is 4.45. The van der Waals surface area contributed by atoms with Crippen LogP contribution in [0.5, 0.6) is 0 Å². The Balaban J connectivity index is 2.61. The van der Waals surface area contributed by atoms with Crippen molar-refractivity contribution in [3.8, 4) is 0 Å². The molecule has 4 N–H and O–H groups in total. The fourth-order valence-corrected chi connectivity index (χ4v) is 0.776. The smallest absolute Gasteiger partial charge is 0.309 e. The van der Waals surface area contributed by atoms with Gasteiger partial charge in [0.05, 0.1) is 0 Å². The predicted molar refractivity (Wildman–Crippen MR) is 39.9 cm³/mol. The average Bonchev–Trinajstić information content (AvgIpc) is 1.85. The van der Waals surface area contributed by atoms with Gasteiger partial charge >= 0.3 is 5.97 Å². The van der Waals surface area contributed by atoms with Gasteiger partial charge in [-0.2, -0.15) is 0 Å². The number of hydrogen-bond donors (Lipinski definition) is 3. The van der Waals surface area contributed by atoms with Crippen LogP contribution in [0.3, 0.4) is 0 Å². The Hall–Kier alpha value is -1.36. The second kappa shape index (κ2) is 2.71. The zero-order chi connectivity index (χ0) is 8.32. The van der Waals surface area contributed by atoms with Gasteiger partial charge in [-0.05, 0) is 6.08 Å². The number of carbonyl (C=O) groups is 1. The van der Waals surface area contributed by atoms with Gasteiger partial charge in [-0.25, -0.2) is 0 Å². The monoisotopic (exact) mass is 155 g/mol. The summed E-state index contributed by atoms with van der Waals surface area (Å²) >= 11 is 0. The highest BCUT2D eigenvalue weighted by molar-refractivity contribution is 5.74. The summed E-state index contributed by atoms with van der Waals surface area (Å²) in [5.41, 5.74) is 5.52. The topological polar surface area (TPSA) is 87.7 Å². The first-order valence-corrected chi connectivity index (χ1v) is 3.11. The van der Waals surface area contributed by atoms with E-state index < -0.39 is 11.8 Å². The molecule has 0 aromatic heterocycles. The molecule has 1 aliphatic heterocycles. The van der Waals surface area contributed by atoms with E-state index in [1.165, 1.54) is 6.21 Å². The maximum absolute atomic E-state index is 10.3. The number of nitrogens with zero attached hydrogens (tertiary/aromatic N) is 1. The molecule has 1 rings (SSSR count). The number of allylic oxidation sites excluding steroid dienone is 1. The normalized spacial score (nSPS) is 28.1. The Bertz CT molecular complexity index is 224. The molecular formula is C6H9N3O2. The summed E-state index contributed by atoms with van der Waals surface area (Å²) in [6.45, 7) is 0. The van der Waals surface area contributed by atoms with Crippen molar-refractivity contribution in [1.29, 1.82) is 0 Å². The third-order valence-electron chi connectivity index (χ3n) is 1.24. The van der Waals surface area contributed by atoms with Crippen molar-refractivity contribution in [2.75, 3.05) is 0 Å². The summed E-state index contributed by atoms with van der Waals surface area (Å²) in [6, 6.07) is 0. The molecular weight excluding hydrogens is 146 g/mol. The van der Waals surface area contributed by atoms with E-state index >= 15 is 0 Å². The van der Waals surface area contributed by atoms with Crippen molar-refractivity contribution < 1.29 is 9.90 Å². The highest BCUT2D eigenvalue weighted by Gasteiger charge is 2.25. The molecule has 0 radical (unpaired) electrons. The number of rotatable bonds is 2. The minimum absolute atomic E-state index is 0.228. The molecule has 1 atom stereocenters. The van der Waals surface area contributed by atoms with Crippen molar-refractivity contribution in [3.63, 3.8) is 0 Å². The fourth-order valence-electron chi connectivity index (χ4n) is 0.776. The third-order valence-corrected chi connectivity index (χ3v) is 1.24. The minimum atomic E-state index is -1.17. The van der Waals surface area contributed by atoms with Crippen molar-refractivity contribution in [1.82, 2.24) is 5.32 Å². The fraction of sp³-hybridized carbons (Fsp3) is 0.333. The lowest BCUT2D eigenvalue weighted by atomic mass is 10.2. The highest BCUT2D eigenvalue weighted by atomic mass is 16.4. The van der Waals surface area contributed by atoms with Crippen LogP contribution in [0.15, 0.2) is 17.3 Å². The Kier molecular flexibility index (Phi) is 1.91. The van der Waals surface area contributed by atoms with Gasteiger partial charge in [-0.3, -0.25) is 15.5 Å². The molecule has 0 saturated carbocycles. The molecule has 0 aromatic carbocycles. The van der Waals surface area contributed by atoms with E-state index in [1.54, 1.807) is 12.3 Å². The lowest BCUT2D eigenvalue weighted by molar-refractivity contribution is -0.138. The van der Waals surface area contributed by atoms with Gasteiger partial charge in [0.15, 0.2) is 5.79 Å². The molecule has 60 valence electrons. The second-order valence-electron chi connectivity index (χ2n) is 2.28. The van der Waals surface area contributed by atoms with E-state index in [2.05, 4.69) is 10.3 Å². The molecule has 5 nitrogen and oxygen atoms in total. The van der Waals surface area contributed by atoms with E-state index in [0.29, 0.717) is 0 Å². The Morgan fingerprint density at radius 2 is 2.55 bits per heavy atom. The molecule has 1 heterocycles. The van der Waals surface area contributed by atoms with E-state index in [0.717, 1.165) is 0 Å². The van der Waals surface area contributed by atoms with Crippen LogP contribution in [0.4, 0.5) is 0 Å². The number of nitrogens with two attached hydrogens (primary N) is 1. The largest absolute Gasteiger partial charge is 0.481 e. The Labute approximate surface area is 63.6 Å². The van der Waals surface area contributed by atoms with Crippen LogP contribution in [0.25, 0.3) is 0 Å². The standard InChI is InChI=1S/C6H9N3O2/c7-6(4-5(10)11)8-2-1-3-9-6/h1-3,8H,4,7H2,(H,10,11). The number of nitrogens with one attached hydrogen (secondary N) is 1. The number of hydrogen-bond acceptors (Lipinski definition) is 4. The summed E-state index contributed by atoms with van der Waals surface area (Å²) in [5.74, 6) is -2.15. The predicted octanol–water partition coefficient (Wildman–Crippen LogP) is -0.739. The third kappa shape index (κ3) is 2.05. The van der Waals surface area contributed by atoms with Crippen LogP contribution in [-0.2, 0) is 4.79 Å². The number of carboxylic acid groups (broad SMARTS) is 1. The van der Waals surface area contributed by atoms with E-state index in [1.807, 2.05) is 0 Å². The van der Waals surface area contributed by atoms with Gasteiger partial charge in [0, 0.05) is 12.4 Å². The number of aliphatic carboxylic acids is 1. The van der Waals surface area contributed by atoms with Gasteiger partial charge < -0.3 is 10.4 Å². The maximum Gasteiger partial charge on any atom is 0.309 e. The molecule has 11 heavy (non-hydrogen) atoms. The molecule has 0 spiro atoms. The molecule has 1 unspecified atom stereocenters. The van der Waals surface area contributed by atoms with Gasteiger partial charge in [0.2, 0.25) is 0 Å². The van der Waals surface area contributed by atoms with Crippen LogP contribution >= 0.6 is 0 Å². The highest BCUT2D eigenvalue weighted by Crippen LogP contribution is 2.06. The van der Waals surface area contributed by atoms with Crippen molar-refractivity contribution in [2.24, 2.45) is 10.7 Å². The first-order chi connectivity index (χ1) is 5.12. The molecule has 5 heteroatoms. The van der Waals surface area contributed by atoms with Gasteiger partial charge in [-0.15, -0.1) is 0 Å².